The number of rotatable bonds is 4. The minimum absolute atomic E-state index is 0.0595. The second-order valence-corrected chi connectivity index (χ2v) is 5.00. The summed E-state index contributed by atoms with van der Waals surface area (Å²) in [5.74, 6) is 1.26. The summed E-state index contributed by atoms with van der Waals surface area (Å²) in [6, 6.07) is 2.02. The van der Waals surface area contributed by atoms with Crippen LogP contribution in [0.1, 0.15) is 25.3 Å². The second-order valence-electron chi connectivity index (χ2n) is 5.00. The lowest BCUT2D eigenvalue weighted by Crippen LogP contribution is -2.31. The van der Waals surface area contributed by atoms with E-state index in [4.69, 9.17) is 4.74 Å². The molecule has 0 saturated carbocycles. The molecule has 0 spiro atoms. The van der Waals surface area contributed by atoms with Crippen molar-refractivity contribution < 1.29 is 9.66 Å². The van der Waals surface area contributed by atoms with Crippen molar-refractivity contribution in [3.63, 3.8) is 0 Å². The molecule has 6 heteroatoms. The summed E-state index contributed by atoms with van der Waals surface area (Å²) in [5, 5.41) is 14.1. The van der Waals surface area contributed by atoms with Crippen LogP contribution >= 0.6 is 0 Å². The van der Waals surface area contributed by atoms with Gasteiger partial charge < -0.3 is 10.1 Å². The molecule has 2 rings (SSSR count). The molecule has 1 aromatic heterocycles. The van der Waals surface area contributed by atoms with Crippen molar-refractivity contribution >= 4 is 11.5 Å². The number of aromatic nitrogens is 1. The monoisotopic (exact) mass is 265 g/mol. The Morgan fingerprint density at radius 1 is 1.53 bits per heavy atom. The molecular formula is C13H19N3O3. The topological polar surface area (TPSA) is 77.3 Å². The van der Waals surface area contributed by atoms with E-state index in [0.29, 0.717) is 17.3 Å². The van der Waals surface area contributed by atoms with Gasteiger partial charge >= 0.3 is 0 Å². The van der Waals surface area contributed by atoms with E-state index in [9.17, 15) is 10.1 Å². The van der Waals surface area contributed by atoms with Crippen LogP contribution in [0.5, 0.6) is 0 Å². The number of pyridine rings is 1. The Labute approximate surface area is 112 Å². The second kappa shape index (κ2) is 5.97. The minimum atomic E-state index is -0.409. The third-order valence-corrected chi connectivity index (χ3v) is 3.63. The molecule has 1 atom stereocenters. The zero-order chi connectivity index (χ0) is 13.8. The van der Waals surface area contributed by atoms with E-state index in [0.717, 1.165) is 26.1 Å². The Kier molecular flexibility index (Phi) is 4.31. The standard InChI is InChI=1S/C13H19N3O3/c1-9-7-13(14-8-12(9)16(17)18)15-10(2)11-3-5-19-6-4-11/h7-8,10-11H,3-6H2,1-2H3,(H,14,15). The smallest absolute Gasteiger partial charge is 0.290 e. The summed E-state index contributed by atoms with van der Waals surface area (Å²) < 4.78 is 5.34. The fourth-order valence-corrected chi connectivity index (χ4v) is 2.39. The van der Waals surface area contributed by atoms with E-state index in [1.165, 1.54) is 6.20 Å². The Balaban J connectivity index is 2.02. The molecule has 1 aromatic rings. The van der Waals surface area contributed by atoms with Crippen LogP contribution in [0.4, 0.5) is 11.5 Å². The van der Waals surface area contributed by atoms with Crippen LogP contribution in [0.25, 0.3) is 0 Å². The van der Waals surface area contributed by atoms with Gasteiger partial charge in [-0.15, -0.1) is 0 Å². The van der Waals surface area contributed by atoms with Gasteiger partial charge in [-0.25, -0.2) is 4.98 Å². The van der Waals surface area contributed by atoms with Crippen LogP contribution < -0.4 is 5.32 Å². The van der Waals surface area contributed by atoms with Crippen LogP contribution in [0.2, 0.25) is 0 Å². The summed E-state index contributed by atoms with van der Waals surface area (Å²) >= 11 is 0. The van der Waals surface area contributed by atoms with Gasteiger partial charge in [-0.2, -0.15) is 0 Å². The number of ether oxygens (including phenoxy) is 1. The fourth-order valence-electron chi connectivity index (χ4n) is 2.39. The summed E-state index contributed by atoms with van der Waals surface area (Å²) in [6.07, 6.45) is 3.40. The molecule has 1 fully saturated rings. The molecule has 2 heterocycles. The van der Waals surface area contributed by atoms with Gasteiger partial charge in [0.05, 0.1) is 4.92 Å². The van der Waals surface area contributed by atoms with E-state index in [2.05, 4.69) is 17.2 Å². The SMILES string of the molecule is Cc1cc(NC(C)C2CCOCC2)ncc1[N+](=O)[O-]. The first kappa shape index (κ1) is 13.7. The largest absolute Gasteiger partial charge is 0.381 e. The highest BCUT2D eigenvalue weighted by Gasteiger charge is 2.21. The number of nitrogens with zero attached hydrogens (tertiary/aromatic N) is 2. The first-order valence-corrected chi connectivity index (χ1v) is 6.53. The average molecular weight is 265 g/mol. The maximum Gasteiger partial charge on any atom is 0.290 e. The number of nitrogens with one attached hydrogen (secondary N) is 1. The van der Waals surface area contributed by atoms with E-state index >= 15 is 0 Å². The van der Waals surface area contributed by atoms with Gasteiger partial charge in [0, 0.05) is 24.8 Å². The molecule has 0 aliphatic carbocycles. The molecule has 19 heavy (non-hydrogen) atoms. The lowest BCUT2D eigenvalue weighted by Gasteiger charge is -2.28. The predicted octanol–water partition coefficient (Wildman–Crippen LogP) is 2.53. The van der Waals surface area contributed by atoms with Crippen LogP contribution in [0.15, 0.2) is 12.3 Å². The Hall–Kier alpha value is -1.69. The van der Waals surface area contributed by atoms with Crippen molar-refractivity contribution in [1.29, 1.82) is 0 Å². The minimum Gasteiger partial charge on any atom is -0.381 e. The Bertz CT molecular complexity index is 458. The van der Waals surface area contributed by atoms with Gasteiger partial charge in [0.15, 0.2) is 0 Å². The predicted molar refractivity (Wildman–Crippen MR) is 72.3 cm³/mol. The first-order chi connectivity index (χ1) is 9.08. The number of hydrogen-bond donors (Lipinski definition) is 1. The molecule has 0 aromatic carbocycles. The van der Waals surface area contributed by atoms with Crippen molar-refractivity contribution in [2.45, 2.75) is 32.7 Å². The highest BCUT2D eigenvalue weighted by atomic mass is 16.6. The molecule has 0 amide bonds. The fraction of sp³-hybridized carbons (Fsp3) is 0.615. The molecule has 0 bridgehead atoms. The highest BCUT2D eigenvalue weighted by molar-refractivity contribution is 5.47. The number of anilines is 1. The van der Waals surface area contributed by atoms with Gasteiger partial charge in [0.25, 0.3) is 5.69 Å². The molecular weight excluding hydrogens is 246 g/mol. The van der Waals surface area contributed by atoms with Crippen molar-refractivity contribution in [3.05, 3.63) is 27.9 Å². The van der Waals surface area contributed by atoms with Crippen molar-refractivity contribution in [1.82, 2.24) is 4.98 Å². The first-order valence-electron chi connectivity index (χ1n) is 6.53. The van der Waals surface area contributed by atoms with Gasteiger partial charge in [-0.1, -0.05) is 0 Å². The average Bonchev–Trinajstić information content (AvgIpc) is 2.39. The molecule has 1 aliphatic rings. The number of aryl methyl sites for hydroxylation is 1. The van der Waals surface area contributed by atoms with Crippen LogP contribution in [-0.2, 0) is 4.74 Å². The summed E-state index contributed by atoms with van der Waals surface area (Å²) in [6.45, 7) is 5.46. The molecule has 104 valence electrons. The highest BCUT2D eigenvalue weighted by Crippen LogP contribution is 2.23. The molecule has 1 N–H and O–H groups in total. The zero-order valence-electron chi connectivity index (χ0n) is 11.3. The van der Waals surface area contributed by atoms with E-state index in [-0.39, 0.29) is 11.7 Å². The third-order valence-electron chi connectivity index (χ3n) is 3.63. The molecule has 1 unspecified atom stereocenters. The van der Waals surface area contributed by atoms with E-state index < -0.39 is 4.92 Å². The van der Waals surface area contributed by atoms with Gasteiger partial charge in [0.1, 0.15) is 12.0 Å². The quantitative estimate of drug-likeness (QED) is 0.668. The van der Waals surface area contributed by atoms with Gasteiger partial charge in [-0.05, 0) is 38.7 Å². The van der Waals surface area contributed by atoms with E-state index in [1.807, 2.05) is 0 Å². The van der Waals surface area contributed by atoms with E-state index in [1.54, 1.807) is 13.0 Å². The summed E-state index contributed by atoms with van der Waals surface area (Å²) in [5.41, 5.74) is 0.686. The van der Waals surface area contributed by atoms with Crippen LogP contribution in [0.3, 0.4) is 0 Å². The van der Waals surface area contributed by atoms with Crippen molar-refractivity contribution in [3.8, 4) is 0 Å². The maximum atomic E-state index is 10.7. The zero-order valence-corrected chi connectivity index (χ0v) is 11.3. The van der Waals surface area contributed by atoms with Gasteiger partial charge in [-0.3, -0.25) is 10.1 Å². The molecule has 6 nitrogen and oxygen atoms in total. The normalized spacial score (nSPS) is 18.0. The summed E-state index contributed by atoms with van der Waals surface area (Å²) in [4.78, 5) is 14.4. The number of hydrogen-bond acceptors (Lipinski definition) is 5. The van der Waals surface area contributed by atoms with Crippen molar-refractivity contribution in [2.24, 2.45) is 5.92 Å². The lowest BCUT2D eigenvalue weighted by molar-refractivity contribution is -0.385. The van der Waals surface area contributed by atoms with Gasteiger partial charge in [0.2, 0.25) is 0 Å². The maximum absolute atomic E-state index is 10.7. The molecule has 0 radical (unpaired) electrons. The summed E-state index contributed by atoms with van der Waals surface area (Å²) in [7, 11) is 0. The number of nitro groups is 1. The lowest BCUT2D eigenvalue weighted by atomic mass is 9.93. The molecule has 1 saturated heterocycles. The Morgan fingerprint density at radius 2 is 2.21 bits per heavy atom. The third kappa shape index (κ3) is 3.41. The van der Waals surface area contributed by atoms with Crippen LogP contribution in [-0.4, -0.2) is 29.2 Å². The molecule has 1 aliphatic heterocycles. The Morgan fingerprint density at radius 3 is 2.79 bits per heavy atom. The van der Waals surface area contributed by atoms with Crippen molar-refractivity contribution in [2.75, 3.05) is 18.5 Å². The van der Waals surface area contributed by atoms with Crippen LogP contribution in [0, 0.1) is 23.0 Å².